The molecule has 0 aliphatic heterocycles. The van der Waals surface area contributed by atoms with Crippen molar-refractivity contribution in [1.82, 2.24) is 5.32 Å². The monoisotopic (exact) mass is 250 g/mol. The topological polar surface area (TPSA) is 41.1 Å². The number of hydrogen-bond acceptors (Lipinski definition) is 1. The van der Waals surface area contributed by atoms with Crippen molar-refractivity contribution < 1.29 is 4.79 Å². The maximum atomic E-state index is 11.5. The third-order valence-corrected chi connectivity index (χ3v) is 2.35. The van der Waals surface area contributed by atoms with Crippen LogP contribution in [-0.4, -0.2) is 12.6 Å². The van der Waals surface area contributed by atoms with Crippen molar-refractivity contribution in [3.8, 4) is 12.3 Å². The summed E-state index contributed by atoms with van der Waals surface area (Å²) < 4.78 is 0. The Hall–Kier alpha value is -1.66. The van der Waals surface area contributed by atoms with Gasteiger partial charge in [0.25, 0.3) is 0 Å². The average Bonchev–Trinajstić information content (AvgIpc) is 2.29. The molecule has 0 spiro atoms. The summed E-state index contributed by atoms with van der Waals surface area (Å²) in [6.07, 6.45) is 7.68. The van der Waals surface area contributed by atoms with Gasteiger partial charge in [0.2, 0.25) is 0 Å². The molecule has 0 radical (unpaired) electrons. The highest BCUT2D eigenvalue weighted by atomic mass is 35.5. The molecule has 0 saturated heterocycles. The van der Waals surface area contributed by atoms with Gasteiger partial charge in [-0.05, 0) is 31.0 Å². The first-order chi connectivity index (χ1) is 8.22. The van der Waals surface area contributed by atoms with Gasteiger partial charge in [-0.2, -0.15) is 0 Å². The predicted molar refractivity (Wildman–Crippen MR) is 71.2 cm³/mol. The third kappa shape index (κ3) is 5.84. The summed E-state index contributed by atoms with van der Waals surface area (Å²) in [7, 11) is 0. The smallest absolute Gasteiger partial charge is 0.319 e. The SMILES string of the molecule is C#CCCCCNC(=O)Nc1cccc(Cl)c1. The second-order valence-electron chi connectivity index (χ2n) is 3.55. The number of anilines is 1. The molecule has 90 valence electrons. The van der Waals surface area contributed by atoms with Gasteiger partial charge in [0.15, 0.2) is 0 Å². The molecule has 0 aliphatic carbocycles. The number of carbonyl (C=O) groups excluding carboxylic acids is 1. The molecule has 0 aliphatic rings. The zero-order valence-corrected chi connectivity index (χ0v) is 10.3. The quantitative estimate of drug-likeness (QED) is 0.611. The minimum Gasteiger partial charge on any atom is -0.338 e. The van der Waals surface area contributed by atoms with Gasteiger partial charge in [0.05, 0.1) is 0 Å². The van der Waals surface area contributed by atoms with Crippen molar-refractivity contribution in [2.24, 2.45) is 0 Å². The first kappa shape index (κ1) is 13.4. The fraction of sp³-hybridized carbons (Fsp3) is 0.308. The summed E-state index contributed by atoms with van der Waals surface area (Å²) >= 11 is 5.80. The Labute approximate surface area is 107 Å². The van der Waals surface area contributed by atoms with Crippen LogP contribution in [0.4, 0.5) is 10.5 Å². The number of urea groups is 1. The molecule has 2 amide bonds. The Balaban J connectivity index is 2.23. The van der Waals surface area contributed by atoms with Crippen LogP contribution in [0.15, 0.2) is 24.3 Å². The number of hydrogen-bond donors (Lipinski definition) is 2. The van der Waals surface area contributed by atoms with Crippen LogP contribution in [0.2, 0.25) is 5.02 Å². The van der Waals surface area contributed by atoms with Gasteiger partial charge in [-0.25, -0.2) is 4.79 Å². The van der Waals surface area contributed by atoms with Crippen molar-refractivity contribution in [2.75, 3.05) is 11.9 Å². The van der Waals surface area contributed by atoms with Crippen LogP contribution >= 0.6 is 11.6 Å². The summed E-state index contributed by atoms with van der Waals surface area (Å²) in [5, 5.41) is 6.04. The van der Waals surface area contributed by atoms with Gasteiger partial charge < -0.3 is 10.6 Å². The fourth-order valence-electron chi connectivity index (χ4n) is 1.30. The van der Waals surface area contributed by atoms with E-state index in [0.717, 1.165) is 19.3 Å². The molecule has 0 unspecified atom stereocenters. The molecule has 2 N–H and O–H groups in total. The van der Waals surface area contributed by atoms with Crippen LogP contribution in [0.3, 0.4) is 0 Å². The van der Waals surface area contributed by atoms with E-state index in [-0.39, 0.29) is 6.03 Å². The molecule has 0 heterocycles. The number of halogens is 1. The highest BCUT2D eigenvalue weighted by Gasteiger charge is 2.00. The summed E-state index contributed by atoms with van der Waals surface area (Å²) in [5.41, 5.74) is 0.679. The first-order valence-electron chi connectivity index (χ1n) is 5.46. The lowest BCUT2D eigenvalue weighted by molar-refractivity contribution is 0.252. The molecule has 4 heteroatoms. The lowest BCUT2D eigenvalue weighted by Crippen LogP contribution is -2.29. The standard InChI is InChI=1S/C13H15ClN2O/c1-2-3-4-5-9-15-13(17)16-12-8-6-7-11(14)10-12/h1,6-8,10H,3-5,9H2,(H2,15,16,17). The minimum atomic E-state index is -0.229. The van der Waals surface area contributed by atoms with Gasteiger partial charge in [0.1, 0.15) is 0 Å². The van der Waals surface area contributed by atoms with Crippen LogP contribution < -0.4 is 10.6 Å². The highest BCUT2D eigenvalue weighted by Crippen LogP contribution is 2.14. The summed E-state index contributed by atoms with van der Waals surface area (Å²) in [6, 6.07) is 6.78. The third-order valence-electron chi connectivity index (χ3n) is 2.12. The van der Waals surface area contributed by atoms with E-state index in [9.17, 15) is 4.79 Å². The molecule has 0 aromatic heterocycles. The van der Waals surface area contributed by atoms with E-state index in [2.05, 4.69) is 16.6 Å². The van der Waals surface area contributed by atoms with Crippen molar-refractivity contribution >= 4 is 23.3 Å². The van der Waals surface area contributed by atoms with E-state index in [1.54, 1.807) is 24.3 Å². The zero-order valence-electron chi connectivity index (χ0n) is 9.50. The molecule has 1 rings (SSSR count). The van der Waals surface area contributed by atoms with Gasteiger partial charge in [-0.3, -0.25) is 0 Å². The van der Waals surface area contributed by atoms with Crippen LogP contribution in [0.5, 0.6) is 0 Å². The van der Waals surface area contributed by atoms with Crippen molar-refractivity contribution in [1.29, 1.82) is 0 Å². The van der Waals surface area contributed by atoms with E-state index < -0.39 is 0 Å². The predicted octanol–water partition coefficient (Wildman–Crippen LogP) is 3.27. The molecule has 0 atom stereocenters. The summed E-state index contributed by atoms with van der Waals surface area (Å²) in [4.78, 5) is 11.5. The van der Waals surface area contributed by atoms with Crippen LogP contribution in [-0.2, 0) is 0 Å². The number of carbonyl (C=O) groups is 1. The maximum Gasteiger partial charge on any atom is 0.319 e. The number of amides is 2. The van der Waals surface area contributed by atoms with Crippen molar-refractivity contribution in [3.05, 3.63) is 29.3 Å². The molecule has 0 bridgehead atoms. The van der Waals surface area contributed by atoms with E-state index in [1.807, 2.05) is 0 Å². The lowest BCUT2D eigenvalue weighted by Gasteiger charge is -2.07. The van der Waals surface area contributed by atoms with Crippen LogP contribution in [0.1, 0.15) is 19.3 Å². The zero-order chi connectivity index (χ0) is 12.5. The number of benzene rings is 1. The van der Waals surface area contributed by atoms with Gasteiger partial charge >= 0.3 is 6.03 Å². The summed E-state index contributed by atoms with van der Waals surface area (Å²) in [6.45, 7) is 0.619. The number of rotatable bonds is 5. The molecule has 0 fully saturated rings. The van der Waals surface area contributed by atoms with Crippen molar-refractivity contribution in [2.45, 2.75) is 19.3 Å². The molecule has 1 aromatic carbocycles. The average molecular weight is 251 g/mol. The van der Waals surface area contributed by atoms with E-state index >= 15 is 0 Å². The second-order valence-corrected chi connectivity index (χ2v) is 3.99. The Morgan fingerprint density at radius 3 is 2.94 bits per heavy atom. The number of unbranched alkanes of at least 4 members (excludes halogenated alkanes) is 2. The minimum absolute atomic E-state index is 0.229. The highest BCUT2D eigenvalue weighted by molar-refractivity contribution is 6.30. The maximum absolute atomic E-state index is 11.5. The molecular weight excluding hydrogens is 236 g/mol. The van der Waals surface area contributed by atoms with Gasteiger partial charge in [0, 0.05) is 23.7 Å². The van der Waals surface area contributed by atoms with Crippen molar-refractivity contribution in [3.63, 3.8) is 0 Å². The normalized spacial score (nSPS) is 9.41. The Morgan fingerprint density at radius 2 is 2.24 bits per heavy atom. The van der Waals surface area contributed by atoms with E-state index in [1.165, 1.54) is 0 Å². The van der Waals surface area contributed by atoms with Crippen LogP contribution in [0.25, 0.3) is 0 Å². The molecular formula is C13H15ClN2O. The molecule has 17 heavy (non-hydrogen) atoms. The lowest BCUT2D eigenvalue weighted by atomic mass is 10.2. The van der Waals surface area contributed by atoms with E-state index in [4.69, 9.17) is 18.0 Å². The molecule has 1 aromatic rings. The van der Waals surface area contributed by atoms with Crippen LogP contribution in [0, 0.1) is 12.3 Å². The summed E-state index contributed by atoms with van der Waals surface area (Å²) in [5.74, 6) is 2.56. The second kappa shape index (κ2) is 7.59. The first-order valence-corrected chi connectivity index (χ1v) is 5.84. The fourth-order valence-corrected chi connectivity index (χ4v) is 1.49. The Morgan fingerprint density at radius 1 is 1.41 bits per heavy atom. The van der Waals surface area contributed by atoms with E-state index in [0.29, 0.717) is 17.3 Å². The number of terminal acetylenes is 1. The largest absolute Gasteiger partial charge is 0.338 e. The Bertz CT molecular complexity index is 412. The molecule has 0 saturated carbocycles. The number of nitrogens with one attached hydrogen (secondary N) is 2. The van der Waals surface area contributed by atoms with Gasteiger partial charge in [-0.15, -0.1) is 12.3 Å². The van der Waals surface area contributed by atoms with Gasteiger partial charge in [-0.1, -0.05) is 17.7 Å². The Kier molecular flexibility index (Phi) is 5.98. The molecule has 3 nitrogen and oxygen atoms in total.